The van der Waals surface area contributed by atoms with Gasteiger partial charge in [0.2, 0.25) is 0 Å². The summed E-state index contributed by atoms with van der Waals surface area (Å²) in [4.78, 5) is 15.6. The van der Waals surface area contributed by atoms with Crippen molar-refractivity contribution in [2.24, 2.45) is 0 Å². The molecule has 2 aromatic heterocycles. The molecule has 0 N–H and O–H groups in total. The summed E-state index contributed by atoms with van der Waals surface area (Å²) >= 11 is 1.82. The van der Waals surface area contributed by atoms with E-state index in [9.17, 15) is 0 Å². The van der Waals surface area contributed by atoms with Gasteiger partial charge >= 0.3 is 0 Å². The van der Waals surface area contributed by atoms with Crippen LogP contribution in [0, 0.1) is 0 Å². The maximum Gasteiger partial charge on any atom is 0.164 e. The second-order valence-electron chi connectivity index (χ2n) is 13.2. The molecule has 0 radical (unpaired) electrons. The molecule has 10 rings (SSSR count). The number of aromatic nitrogens is 3. The molecule has 0 bridgehead atoms. The Balaban J connectivity index is 1.16. The summed E-state index contributed by atoms with van der Waals surface area (Å²) in [5, 5.41) is 4.62. The molecule has 2 heterocycles. The van der Waals surface area contributed by atoms with Crippen molar-refractivity contribution >= 4 is 42.3 Å². The lowest BCUT2D eigenvalue weighted by atomic mass is 9.97. The van der Waals surface area contributed by atoms with Crippen LogP contribution < -0.4 is 0 Å². The molecule has 0 atom stereocenters. The van der Waals surface area contributed by atoms with E-state index in [0.29, 0.717) is 17.5 Å². The molecule has 0 aliphatic rings. The number of nitrogens with zero attached hydrogens (tertiary/aromatic N) is 3. The zero-order valence-electron chi connectivity index (χ0n) is 28.6. The van der Waals surface area contributed by atoms with Gasteiger partial charge in [0, 0.05) is 36.9 Å². The highest BCUT2D eigenvalue weighted by Crippen LogP contribution is 2.44. The third kappa shape index (κ3) is 5.66. The first-order valence-corrected chi connectivity index (χ1v) is 18.6. The molecule has 0 aliphatic carbocycles. The Bertz CT molecular complexity index is 2930. The Morgan fingerprint density at radius 1 is 0.321 bits per heavy atom. The Morgan fingerprint density at radius 2 is 0.830 bits per heavy atom. The highest BCUT2D eigenvalue weighted by molar-refractivity contribution is 7.26. The molecule has 0 amide bonds. The standard InChI is InChI=1S/C49H31N3S/c1-3-13-32(14-4-1)34-27-29-36(30-28-34)47-50-48(41-23-10-18-35-17-7-8-21-39(35)41)52-49(51-47)43-25-12-26-44-45(43)42-24-11-22-40(46(42)53-44)38-20-9-19-37(31-38)33-15-5-2-6-16-33/h1-31H. The molecule has 8 aromatic carbocycles. The lowest BCUT2D eigenvalue weighted by Gasteiger charge is -2.11. The van der Waals surface area contributed by atoms with E-state index in [1.54, 1.807) is 0 Å². The van der Waals surface area contributed by atoms with Crippen molar-refractivity contribution in [1.29, 1.82) is 0 Å². The van der Waals surface area contributed by atoms with Crippen molar-refractivity contribution in [2.45, 2.75) is 0 Å². The van der Waals surface area contributed by atoms with Crippen LogP contribution in [-0.2, 0) is 0 Å². The number of fused-ring (bicyclic) bond motifs is 4. The predicted molar refractivity (Wildman–Crippen MR) is 223 cm³/mol. The van der Waals surface area contributed by atoms with Gasteiger partial charge in [0.15, 0.2) is 17.5 Å². The normalized spacial score (nSPS) is 11.4. The van der Waals surface area contributed by atoms with Crippen LogP contribution in [0.4, 0.5) is 0 Å². The molecule has 0 saturated carbocycles. The van der Waals surface area contributed by atoms with E-state index < -0.39 is 0 Å². The summed E-state index contributed by atoms with van der Waals surface area (Å²) in [6.07, 6.45) is 0. The van der Waals surface area contributed by atoms with Gasteiger partial charge < -0.3 is 0 Å². The Morgan fingerprint density at radius 3 is 1.64 bits per heavy atom. The maximum atomic E-state index is 5.26. The summed E-state index contributed by atoms with van der Waals surface area (Å²) in [6, 6.07) is 66.3. The van der Waals surface area contributed by atoms with Crippen molar-refractivity contribution in [2.75, 3.05) is 0 Å². The fourth-order valence-electron chi connectivity index (χ4n) is 7.37. The van der Waals surface area contributed by atoms with Gasteiger partial charge in [-0.1, -0.05) is 176 Å². The molecule has 53 heavy (non-hydrogen) atoms. The van der Waals surface area contributed by atoms with Crippen LogP contribution >= 0.6 is 11.3 Å². The van der Waals surface area contributed by atoms with Crippen molar-refractivity contribution in [3.8, 4) is 67.5 Å². The Labute approximate surface area is 311 Å². The van der Waals surface area contributed by atoms with E-state index in [2.05, 4.69) is 182 Å². The summed E-state index contributed by atoms with van der Waals surface area (Å²) in [5.74, 6) is 1.96. The van der Waals surface area contributed by atoms with Gasteiger partial charge in [-0.05, 0) is 56.3 Å². The first kappa shape index (κ1) is 31.0. The molecule has 0 fully saturated rings. The van der Waals surface area contributed by atoms with E-state index in [-0.39, 0.29) is 0 Å². The lowest BCUT2D eigenvalue weighted by Crippen LogP contribution is -2.01. The molecule has 4 heteroatoms. The van der Waals surface area contributed by atoms with Gasteiger partial charge in [-0.25, -0.2) is 15.0 Å². The van der Waals surface area contributed by atoms with Crippen LogP contribution in [0.15, 0.2) is 188 Å². The number of thiophene rings is 1. The first-order chi connectivity index (χ1) is 26.3. The molecule has 0 spiro atoms. The van der Waals surface area contributed by atoms with Gasteiger partial charge in [-0.3, -0.25) is 0 Å². The minimum atomic E-state index is 0.646. The van der Waals surface area contributed by atoms with Crippen LogP contribution in [0.1, 0.15) is 0 Å². The third-order valence-electron chi connectivity index (χ3n) is 9.96. The minimum Gasteiger partial charge on any atom is -0.208 e. The van der Waals surface area contributed by atoms with Crippen molar-refractivity contribution in [3.05, 3.63) is 188 Å². The van der Waals surface area contributed by atoms with Crippen molar-refractivity contribution in [3.63, 3.8) is 0 Å². The van der Waals surface area contributed by atoms with Crippen LogP contribution in [0.3, 0.4) is 0 Å². The van der Waals surface area contributed by atoms with E-state index in [1.807, 2.05) is 17.4 Å². The highest BCUT2D eigenvalue weighted by Gasteiger charge is 2.19. The monoisotopic (exact) mass is 693 g/mol. The van der Waals surface area contributed by atoms with E-state index in [0.717, 1.165) is 38.4 Å². The average Bonchev–Trinajstić information content (AvgIpc) is 3.63. The molecule has 10 aromatic rings. The quantitative estimate of drug-likeness (QED) is 0.174. The zero-order chi connectivity index (χ0) is 35.1. The molecular formula is C49H31N3S. The van der Waals surface area contributed by atoms with Crippen LogP contribution in [-0.4, -0.2) is 15.0 Å². The summed E-state index contributed by atoms with van der Waals surface area (Å²) in [5.41, 5.74) is 10.1. The lowest BCUT2D eigenvalue weighted by molar-refractivity contribution is 1.08. The van der Waals surface area contributed by atoms with Crippen molar-refractivity contribution < 1.29 is 0 Å². The predicted octanol–water partition coefficient (Wildman–Crippen LogP) is 13.4. The van der Waals surface area contributed by atoms with Gasteiger partial charge in [-0.15, -0.1) is 11.3 Å². The van der Waals surface area contributed by atoms with E-state index in [4.69, 9.17) is 15.0 Å². The second-order valence-corrected chi connectivity index (χ2v) is 14.2. The number of hydrogen-bond acceptors (Lipinski definition) is 4. The number of benzene rings is 8. The third-order valence-corrected chi connectivity index (χ3v) is 11.2. The Kier molecular flexibility index (Phi) is 7.67. The van der Waals surface area contributed by atoms with Crippen LogP contribution in [0.25, 0.3) is 98.5 Å². The smallest absolute Gasteiger partial charge is 0.164 e. The first-order valence-electron chi connectivity index (χ1n) is 17.8. The topological polar surface area (TPSA) is 38.7 Å². The fraction of sp³-hybridized carbons (Fsp3) is 0. The van der Waals surface area contributed by atoms with Crippen LogP contribution in [0.5, 0.6) is 0 Å². The molecule has 0 aliphatic heterocycles. The molecular weight excluding hydrogens is 663 g/mol. The summed E-state index contributed by atoms with van der Waals surface area (Å²) in [7, 11) is 0. The zero-order valence-corrected chi connectivity index (χ0v) is 29.5. The maximum absolute atomic E-state index is 5.26. The molecule has 248 valence electrons. The second kappa shape index (κ2) is 13.1. The Hall–Kier alpha value is -6.75. The minimum absolute atomic E-state index is 0.646. The average molecular weight is 694 g/mol. The molecule has 0 saturated heterocycles. The van der Waals surface area contributed by atoms with Gasteiger partial charge in [-0.2, -0.15) is 0 Å². The molecule has 3 nitrogen and oxygen atoms in total. The largest absolute Gasteiger partial charge is 0.208 e. The van der Waals surface area contributed by atoms with Gasteiger partial charge in [0.1, 0.15) is 0 Å². The molecule has 0 unspecified atom stereocenters. The summed E-state index contributed by atoms with van der Waals surface area (Å²) in [6.45, 7) is 0. The highest BCUT2D eigenvalue weighted by atomic mass is 32.1. The number of hydrogen-bond donors (Lipinski definition) is 0. The summed E-state index contributed by atoms with van der Waals surface area (Å²) < 4.78 is 2.45. The van der Waals surface area contributed by atoms with E-state index in [1.165, 1.54) is 42.6 Å². The SMILES string of the molecule is c1ccc(-c2ccc(-c3nc(-c4cccc5ccccc45)nc(-c4cccc5sc6c(-c7cccc(-c8ccccc8)c7)cccc6c45)n3)cc2)cc1. The van der Waals surface area contributed by atoms with E-state index >= 15 is 0 Å². The van der Waals surface area contributed by atoms with Crippen molar-refractivity contribution in [1.82, 2.24) is 15.0 Å². The van der Waals surface area contributed by atoms with Gasteiger partial charge in [0.25, 0.3) is 0 Å². The number of rotatable bonds is 6. The fourth-order valence-corrected chi connectivity index (χ4v) is 8.63. The van der Waals surface area contributed by atoms with Gasteiger partial charge in [0.05, 0.1) is 0 Å². The van der Waals surface area contributed by atoms with Crippen LogP contribution in [0.2, 0.25) is 0 Å².